The van der Waals surface area contributed by atoms with Crippen LogP contribution in [0.3, 0.4) is 0 Å². The molecule has 1 aliphatic rings. The summed E-state index contributed by atoms with van der Waals surface area (Å²) in [5, 5.41) is 6.83. The van der Waals surface area contributed by atoms with Gasteiger partial charge in [0.15, 0.2) is 0 Å². The zero-order valence-corrected chi connectivity index (χ0v) is 12.2. The molecule has 0 bridgehead atoms. The number of azide groups is 1. The molecule has 0 aromatic heterocycles. The van der Waals surface area contributed by atoms with Crippen LogP contribution in [0.2, 0.25) is 0 Å². The number of ether oxygens (including phenoxy) is 1. The highest BCUT2D eigenvalue weighted by Gasteiger charge is 2.41. The number of esters is 1. The van der Waals surface area contributed by atoms with Gasteiger partial charge >= 0.3 is 5.97 Å². The Bertz CT molecular complexity index is 554. The lowest BCUT2D eigenvalue weighted by Gasteiger charge is -2.36. The normalized spacial score (nSPS) is 20.2. The Kier molecular flexibility index (Phi) is 5.20. The Balaban J connectivity index is 2.09. The molecule has 2 rings (SSSR count). The largest absolute Gasteiger partial charge is 0.468 e. The Morgan fingerprint density at radius 2 is 2.24 bits per heavy atom. The van der Waals surface area contributed by atoms with E-state index in [9.17, 15) is 4.79 Å². The molecule has 1 unspecified atom stereocenters. The van der Waals surface area contributed by atoms with Crippen LogP contribution in [-0.2, 0) is 22.4 Å². The van der Waals surface area contributed by atoms with E-state index in [2.05, 4.69) is 27.5 Å². The number of nitrogens with zero attached hydrogens (tertiary/aromatic N) is 3. The molecule has 1 aromatic rings. The first-order chi connectivity index (χ1) is 10.2. The summed E-state index contributed by atoms with van der Waals surface area (Å²) in [7, 11) is 1.42. The topological polar surface area (TPSA) is 87.1 Å². The quantitative estimate of drug-likeness (QED) is 0.286. The van der Waals surface area contributed by atoms with Crippen molar-refractivity contribution >= 4 is 5.97 Å². The Morgan fingerprint density at radius 1 is 1.48 bits per heavy atom. The molecule has 0 saturated heterocycles. The molecule has 1 N–H and O–H groups in total. The molecule has 0 fully saturated rings. The van der Waals surface area contributed by atoms with Crippen LogP contribution in [0.15, 0.2) is 29.4 Å². The maximum atomic E-state index is 12.3. The Labute approximate surface area is 124 Å². The Morgan fingerprint density at radius 3 is 2.95 bits per heavy atom. The molecule has 0 aliphatic heterocycles. The molecule has 112 valence electrons. The van der Waals surface area contributed by atoms with Gasteiger partial charge < -0.3 is 10.1 Å². The van der Waals surface area contributed by atoms with Gasteiger partial charge in [0.05, 0.1) is 7.11 Å². The molecule has 6 heteroatoms. The van der Waals surface area contributed by atoms with Crippen molar-refractivity contribution in [3.8, 4) is 0 Å². The van der Waals surface area contributed by atoms with Crippen molar-refractivity contribution in [3.63, 3.8) is 0 Å². The number of hydrogen-bond donors (Lipinski definition) is 1. The van der Waals surface area contributed by atoms with Gasteiger partial charge in [-0.25, -0.2) is 0 Å². The van der Waals surface area contributed by atoms with Crippen LogP contribution in [0.5, 0.6) is 0 Å². The third kappa shape index (κ3) is 3.54. The number of carbonyl (C=O) groups is 1. The second-order valence-corrected chi connectivity index (χ2v) is 5.25. The maximum Gasteiger partial charge on any atom is 0.326 e. The number of hydrogen-bond acceptors (Lipinski definition) is 4. The van der Waals surface area contributed by atoms with Crippen molar-refractivity contribution in [2.24, 2.45) is 5.11 Å². The van der Waals surface area contributed by atoms with E-state index in [1.165, 1.54) is 18.2 Å². The number of nitrogens with one attached hydrogen (secondary N) is 1. The molecule has 0 heterocycles. The van der Waals surface area contributed by atoms with Gasteiger partial charge in [-0.2, -0.15) is 0 Å². The summed E-state index contributed by atoms with van der Waals surface area (Å²) in [6.07, 6.45) is 2.91. The zero-order valence-electron chi connectivity index (χ0n) is 12.2. The number of benzene rings is 1. The second kappa shape index (κ2) is 7.11. The first-order valence-corrected chi connectivity index (χ1v) is 7.13. The van der Waals surface area contributed by atoms with Gasteiger partial charge in [-0.3, -0.25) is 4.79 Å². The van der Waals surface area contributed by atoms with Gasteiger partial charge in [-0.1, -0.05) is 29.4 Å². The van der Waals surface area contributed by atoms with Crippen LogP contribution in [0.4, 0.5) is 0 Å². The minimum Gasteiger partial charge on any atom is -0.468 e. The summed E-state index contributed by atoms with van der Waals surface area (Å²) in [4.78, 5) is 15.0. The van der Waals surface area contributed by atoms with Gasteiger partial charge in [0, 0.05) is 17.9 Å². The van der Waals surface area contributed by atoms with Crippen LogP contribution in [0, 0.1) is 0 Å². The van der Waals surface area contributed by atoms with Crippen molar-refractivity contribution in [3.05, 3.63) is 45.8 Å². The first-order valence-electron chi connectivity index (χ1n) is 7.13. The molecule has 0 saturated carbocycles. The molecule has 0 radical (unpaired) electrons. The summed E-state index contributed by atoms with van der Waals surface area (Å²) in [6.45, 7) is 1.05. The SMILES string of the molecule is COC(=O)C1(NCCCN=[N+]=[N-])CCc2ccccc2C1. The van der Waals surface area contributed by atoms with E-state index in [-0.39, 0.29) is 5.97 Å². The van der Waals surface area contributed by atoms with E-state index in [1.54, 1.807) is 0 Å². The number of carbonyl (C=O) groups excluding carboxylic acids is 1. The predicted octanol–water partition coefficient (Wildman–Crippen LogP) is 2.38. The van der Waals surface area contributed by atoms with Gasteiger partial charge in [-0.05, 0) is 42.5 Å². The lowest BCUT2D eigenvalue weighted by Crippen LogP contribution is -2.56. The fourth-order valence-corrected chi connectivity index (χ4v) is 2.85. The third-order valence-electron chi connectivity index (χ3n) is 3.97. The summed E-state index contributed by atoms with van der Waals surface area (Å²) in [6, 6.07) is 8.19. The minimum atomic E-state index is -0.667. The van der Waals surface area contributed by atoms with Gasteiger partial charge in [0.2, 0.25) is 0 Å². The van der Waals surface area contributed by atoms with E-state index in [1.807, 2.05) is 12.1 Å². The van der Waals surface area contributed by atoms with Crippen molar-refractivity contribution < 1.29 is 9.53 Å². The predicted molar refractivity (Wildman–Crippen MR) is 79.8 cm³/mol. The molecule has 1 atom stereocenters. The monoisotopic (exact) mass is 288 g/mol. The average Bonchev–Trinajstić information content (AvgIpc) is 2.53. The van der Waals surface area contributed by atoms with E-state index in [0.717, 1.165) is 12.8 Å². The smallest absolute Gasteiger partial charge is 0.326 e. The molecule has 6 nitrogen and oxygen atoms in total. The number of aryl methyl sites for hydroxylation is 1. The third-order valence-corrected chi connectivity index (χ3v) is 3.97. The summed E-state index contributed by atoms with van der Waals surface area (Å²) >= 11 is 0. The van der Waals surface area contributed by atoms with Crippen molar-refractivity contribution in [1.82, 2.24) is 5.32 Å². The molecular weight excluding hydrogens is 268 g/mol. The van der Waals surface area contributed by atoms with Crippen molar-refractivity contribution in [1.29, 1.82) is 0 Å². The highest BCUT2D eigenvalue weighted by molar-refractivity contribution is 5.81. The number of rotatable bonds is 6. The molecular formula is C15H20N4O2. The van der Waals surface area contributed by atoms with Crippen LogP contribution < -0.4 is 5.32 Å². The fourth-order valence-electron chi connectivity index (χ4n) is 2.85. The highest BCUT2D eigenvalue weighted by Crippen LogP contribution is 2.29. The minimum absolute atomic E-state index is 0.221. The molecule has 1 aromatic carbocycles. The summed E-state index contributed by atoms with van der Waals surface area (Å²) < 4.78 is 5.00. The Hall–Kier alpha value is -2.04. The van der Waals surface area contributed by atoms with E-state index < -0.39 is 5.54 Å². The maximum absolute atomic E-state index is 12.3. The van der Waals surface area contributed by atoms with Gasteiger partial charge in [0.1, 0.15) is 5.54 Å². The fraction of sp³-hybridized carbons (Fsp3) is 0.533. The first kappa shape index (κ1) is 15.4. The molecule has 21 heavy (non-hydrogen) atoms. The van der Waals surface area contributed by atoms with Gasteiger partial charge in [0.25, 0.3) is 0 Å². The lowest BCUT2D eigenvalue weighted by atomic mass is 9.78. The molecule has 0 spiro atoms. The second-order valence-electron chi connectivity index (χ2n) is 5.25. The van der Waals surface area contributed by atoms with Crippen molar-refractivity contribution in [2.75, 3.05) is 20.2 Å². The number of fused-ring (bicyclic) bond motifs is 1. The average molecular weight is 288 g/mol. The standard InChI is InChI=1S/C15H20N4O2/c1-21-14(20)15(17-9-4-10-18-19-16)8-7-12-5-2-3-6-13(12)11-15/h2-3,5-6,17H,4,7-11H2,1H3. The summed E-state index contributed by atoms with van der Waals surface area (Å²) in [5.41, 5.74) is 10.1. The van der Waals surface area contributed by atoms with Crippen LogP contribution in [-0.4, -0.2) is 31.7 Å². The van der Waals surface area contributed by atoms with Crippen LogP contribution in [0.25, 0.3) is 10.4 Å². The van der Waals surface area contributed by atoms with Gasteiger partial charge in [-0.15, -0.1) is 0 Å². The molecule has 0 amide bonds. The highest BCUT2D eigenvalue weighted by atomic mass is 16.5. The van der Waals surface area contributed by atoms with E-state index >= 15 is 0 Å². The summed E-state index contributed by atoms with van der Waals surface area (Å²) in [5.74, 6) is -0.221. The van der Waals surface area contributed by atoms with Crippen LogP contribution >= 0.6 is 0 Å². The zero-order chi connectivity index (χ0) is 15.1. The number of methoxy groups -OCH3 is 1. The van der Waals surface area contributed by atoms with Crippen molar-refractivity contribution in [2.45, 2.75) is 31.2 Å². The lowest BCUT2D eigenvalue weighted by molar-refractivity contribution is -0.149. The van der Waals surface area contributed by atoms with E-state index in [0.29, 0.717) is 25.9 Å². The molecule has 1 aliphatic carbocycles. The van der Waals surface area contributed by atoms with E-state index in [4.69, 9.17) is 10.3 Å². The van der Waals surface area contributed by atoms with Crippen LogP contribution in [0.1, 0.15) is 24.0 Å².